The van der Waals surface area contributed by atoms with E-state index in [9.17, 15) is 14.7 Å². The molecule has 1 aliphatic heterocycles. The summed E-state index contributed by atoms with van der Waals surface area (Å²) in [6, 6.07) is 8.28. The van der Waals surface area contributed by atoms with Gasteiger partial charge in [-0.1, -0.05) is 48.1 Å². The molecule has 0 saturated heterocycles. The summed E-state index contributed by atoms with van der Waals surface area (Å²) >= 11 is 0. The van der Waals surface area contributed by atoms with E-state index in [1.165, 1.54) is 9.58 Å². The smallest absolute Gasteiger partial charge is 0.275 e. The zero-order valence-corrected chi connectivity index (χ0v) is 18.2. The molecule has 1 amide bonds. The largest absolute Gasteiger partial charge is 0.502 e. The number of aliphatic hydroxyl groups is 2. The van der Waals surface area contributed by atoms with Crippen molar-refractivity contribution in [2.75, 3.05) is 26.8 Å². The highest BCUT2D eigenvalue weighted by Crippen LogP contribution is 2.35. The molecule has 3 heterocycles. The van der Waals surface area contributed by atoms with Gasteiger partial charge in [0.15, 0.2) is 17.1 Å². The van der Waals surface area contributed by atoms with Crippen molar-refractivity contribution < 1.29 is 20.1 Å². The van der Waals surface area contributed by atoms with E-state index in [1.54, 1.807) is 17.9 Å². The number of likely N-dealkylation sites (N-methyl/N-ethyl adjacent to an activating group) is 1. The Morgan fingerprint density at radius 3 is 2.53 bits per heavy atom. The lowest BCUT2D eigenvalue weighted by molar-refractivity contribution is 0.0667. The third kappa shape index (κ3) is 4.16. The number of nitrogens with zero attached hydrogens (tertiary/aromatic N) is 5. The molecule has 0 bridgehead atoms. The minimum atomic E-state index is -0.743. The van der Waals surface area contributed by atoms with Crippen LogP contribution < -0.4 is 5.43 Å². The van der Waals surface area contributed by atoms with Gasteiger partial charge in [0.25, 0.3) is 5.91 Å². The van der Waals surface area contributed by atoms with Crippen LogP contribution in [-0.2, 0) is 0 Å². The number of carbonyl (C=O) groups is 1. The molecule has 0 unspecified atom stereocenters. The molecule has 1 aromatic carbocycles. The lowest BCUT2D eigenvalue weighted by Gasteiger charge is -2.37. The number of aromatic hydroxyl groups is 1. The molecule has 2 aromatic heterocycles. The van der Waals surface area contributed by atoms with Gasteiger partial charge in [0, 0.05) is 19.8 Å². The average molecular weight is 459 g/mol. The maximum Gasteiger partial charge on any atom is 0.275 e. The summed E-state index contributed by atoms with van der Waals surface area (Å²) in [5.41, 5.74) is 0.651. The van der Waals surface area contributed by atoms with E-state index in [1.807, 2.05) is 30.3 Å². The number of amides is 1. The van der Waals surface area contributed by atoms with Gasteiger partial charge in [-0.05, 0) is 11.5 Å². The van der Waals surface area contributed by atoms with Gasteiger partial charge in [0.2, 0.25) is 5.43 Å². The second kappa shape index (κ2) is 9.63. The van der Waals surface area contributed by atoms with Crippen LogP contribution in [0.2, 0.25) is 0 Å². The molecule has 0 aliphatic carbocycles. The second-order valence-corrected chi connectivity index (χ2v) is 7.55. The predicted octanol–water partition coefficient (Wildman–Crippen LogP) is -0.251. The normalized spacial score (nSPS) is 15.6. The van der Waals surface area contributed by atoms with Crippen LogP contribution >= 0.6 is 0 Å². The number of aromatic nitrogens is 4. The van der Waals surface area contributed by atoms with Gasteiger partial charge < -0.3 is 20.2 Å². The van der Waals surface area contributed by atoms with E-state index >= 15 is 0 Å². The highest BCUT2D eigenvalue weighted by molar-refractivity contribution is 5.95. The molecule has 10 heteroatoms. The fraction of sp³-hybridized carbons (Fsp3) is 0.250. The number of aliphatic hydroxyl groups excluding tert-OH is 2. The first-order valence-corrected chi connectivity index (χ1v) is 10.4. The minimum Gasteiger partial charge on any atom is -0.502 e. The number of rotatable bonds is 3. The van der Waals surface area contributed by atoms with Crippen LogP contribution in [0.1, 0.15) is 39.4 Å². The zero-order valence-electron chi connectivity index (χ0n) is 18.2. The van der Waals surface area contributed by atoms with E-state index in [4.69, 9.17) is 10.2 Å². The van der Waals surface area contributed by atoms with E-state index in [0.717, 1.165) is 11.8 Å². The van der Waals surface area contributed by atoms with Crippen LogP contribution in [0.15, 0.2) is 47.5 Å². The zero-order chi connectivity index (χ0) is 24.2. The summed E-state index contributed by atoms with van der Waals surface area (Å²) < 4.78 is 2.99. The van der Waals surface area contributed by atoms with Gasteiger partial charge >= 0.3 is 0 Å². The molecule has 4 rings (SSSR count). The van der Waals surface area contributed by atoms with Crippen LogP contribution in [0, 0.1) is 23.7 Å². The van der Waals surface area contributed by atoms with E-state index in [2.05, 4.69) is 33.9 Å². The number of hydrogen-bond acceptors (Lipinski definition) is 7. The lowest BCUT2D eigenvalue weighted by atomic mass is 9.97. The van der Waals surface area contributed by atoms with Crippen molar-refractivity contribution in [2.24, 2.45) is 0 Å². The highest BCUT2D eigenvalue weighted by Gasteiger charge is 2.39. The molecule has 34 heavy (non-hydrogen) atoms. The number of fused-ring (bicyclic) bond motifs is 1. The minimum absolute atomic E-state index is 0.195. The Morgan fingerprint density at radius 2 is 1.82 bits per heavy atom. The van der Waals surface area contributed by atoms with Crippen LogP contribution in [0.3, 0.4) is 0 Å². The van der Waals surface area contributed by atoms with Crippen molar-refractivity contribution in [1.29, 1.82) is 0 Å². The van der Waals surface area contributed by atoms with Crippen LogP contribution in [0.5, 0.6) is 5.75 Å². The number of carbonyl (C=O) groups excluding carboxylic acids is 1. The summed E-state index contributed by atoms with van der Waals surface area (Å²) in [5.74, 6) is 9.54. The molecule has 3 aromatic rings. The first kappa shape index (κ1) is 22.8. The molecule has 3 N–H and O–H groups in total. The molecular weight excluding hydrogens is 438 g/mol. The SMILES string of the molecule is CN1C[C@H]([C@H](c2ccccc2)n2cc(C#CCO)c(C#CCO)n2)n2ncc(=O)c(O)c2C1=O. The van der Waals surface area contributed by atoms with Gasteiger partial charge in [-0.3, -0.25) is 14.3 Å². The summed E-state index contributed by atoms with van der Waals surface area (Å²) in [5, 5.41) is 37.4. The standard InChI is InChI=1S/C24H21N5O5/c1-27-15-19(29-22(24(27)34)23(33)20(32)13-25-29)21(16-7-3-2-4-8-16)28-14-17(9-5-11-30)18(26-28)10-6-12-31/h2-4,7-8,13-14,19,21,30-31,33H,11-12,15H2,1H3/t19-,21+/m1/s1. The fourth-order valence-electron chi connectivity index (χ4n) is 3.94. The van der Waals surface area contributed by atoms with Gasteiger partial charge in [-0.15, -0.1) is 0 Å². The maximum atomic E-state index is 12.8. The van der Waals surface area contributed by atoms with Gasteiger partial charge in [-0.2, -0.15) is 10.2 Å². The van der Waals surface area contributed by atoms with Crippen molar-refractivity contribution in [2.45, 2.75) is 12.1 Å². The predicted molar refractivity (Wildman–Crippen MR) is 121 cm³/mol. The van der Waals surface area contributed by atoms with Crippen LogP contribution in [0.4, 0.5) is 0 Å². The van der Waals surface area contributed by atoms with Crippen molar-refractivity contribution >= 4 is 5.91 Å². The Bertz CT molecular complexity index is 1370. The summed E-state index contributed by atoms with van der Waals surface area (Å²) in [6.07, 6.45) is 2.64. The van der Waals surface area contributed by atoms with Crippen molar-refractivity contribution in [3.8, 4) is 29.4 Å². The van der Waals surface area contributed by atoms with Gasteiger partial charge in [-0.25, -0.2) is 4.68 Å². The fourth-order valence-corrected chi connectivity index (χ4v) is 3.94. The van der Waals surface area contributed by atoms with Crippen LogP contribution in [0.25, 0.3) is 0 Å². The quantitative estimate of drug-likeness (QED) is 0.460. The molecular formula is C24H21N5O5. The Morgan fingerprint density at radius 1 is 1.12 bits per heavy atom. The molecule has 0 saturated carbocycles. The first-order valence-electron chi connectivity index (χ1n) is 10.4. The first-order chi connectivity index (χ1) is 16.5. The van der Waals surface area contributed by atoms with E-state index in [-0.39, 0.29) is 25.5 Å². The average Bonchev–Trinajstić information content (AvgIpc) is 3.24. The Kier molecular flexibility index (Phi) is 6.46. The van der Waals surface area contributed by atoms with E-state index in [0.29, 0.717) is 11.3 Å². The van der Waals surface area contributed by atoms with Crippen molar-refractivity contribution in [1.82, 2.24) is 24.5 Å². The number of hydrogen-bond donors (Lipinski definition) is 3. The number of benzene rings is 1. The molecule has 0 spiro atoms. The Hall–Kier alpha value is -4.38. The lowest BCUT2D eigenvalue weighted by Crippen LogP contribution is -2.46. The molecule has 1 aliphatic rings. The molecule has 172 valence electrons. The Labute approximate surface area is 194 Å². The van der Waals surface area contributed by atoms with Crippen molar-refractivity contribution in [3.05, 3.63) is 75.5 Å². The van der Waals surface area contributed by atoms with Crippen LogP contribution in [-0.4, -0.2) is 72.5 Å². The molecule has 10 nitrogen and oxygen atoms in total. The van der Waals surface area contributed by atoms with Gasteiger partial charge in [0.05, 0.1) is 17.8 Å². The molecule has 0 radical (unpaired) electrons. The van der Waals surface area contributed by atoms with E-state index < -0.39 is 29.2 Å². The maximum absolute atomic E-state index is 12.8. The summed E-state index contributed by atoms with van der Waals surface area (Å²) in [7, 11) is 1.58. The summed E-state index contributed by atoms with van der Waals surface area (Å²) in [4.78, 5) is 26.2. The van der Waals surface area contributed by atoms with Gasteiger partial charge in [0.1, 0.15) is 19.3 Å². The summed E-state index contributed by atoms with van der Waals surface area (Å²) in [6.45, 7) is -0.489. The Balaban J connectivity index is 1.95. The molecule has 2 atom stereocenters. The topological polar surface area (TPSA) is 134 Å². The monoisotopic (exact) mass is 459 g/mol. The third-order valence-corrected chi connectivity index (χ3v) is 5.42. The van der Waals surface area contributed by atoms with Crippen molar-refractivity contribution in [3.63, 3.8) is 0 Å². The highest BCUT2D eigenvalue weighted by atomic mass is 16.3. The third-order valence-electron chi connectivity index (χ3n) is 5.42. The second-order valence-electron chi connectivity index (χ2n) is 7.55. The molecule has 0 fully saturated rings.